The highest BCUT2D eigenvalue weighted by Gasteiger charge is 2.01. The Labute approximate surface area is 70.7 Å². The van der Waals surface area contributed by atoms with Gasteiger partial charge in [-0.3, -0.25) is 4.98 Å². The molecular weight excluding hydrogens is 150 g/mol. The predicted octanol–water partition coefficient (Wildman–Crippen LogP) is 1.28. The van der Waals surface area contributed by atoms with Crippen LogP contribution < -0.4 is 0 Å². The van der Waals surface area contributed by atoms with Crippen molar-refractivity contribution < 1.29 is 0 Å². The molecule has 0 spiro atoms. The topological polar surface area (TPSA) is 30.7 Å². The van der Waals surface area contributed by atoms with E-state index in [4.69, 9.17) is 0 Å². The van der Waals surface area contributed by atoms with Gasteiger partial charge >= 0.3 is 0 Å². The zero-order chi connectivity index (χ0) is 8.39. The summed E-state index contributed by atoms with van der Waals surface area (Å²) in [5.41, 5.74) is 0.876. The number of hydrogen-bond donors (Lipinski definition) is 0. The normalized spacial score (nSPS) is 10.1. The molecule has 0 aromatic carbocycles. The van der Waals surface area contributed by atoms with Crippen LogP contribution in [0.4, 0.5) is 0 Å². The van der Waals surface area contributed by atoms with Crippen molar-refractivity contribution in [1.29, 1.82) is 0 Å². The summed E-state index contributed by atoms with van der Waals surface area (Å²) in [6.45, 7) is 0. The average Bonchev–Trinajstić information content (AvgIpc) is 2.53. The van der Waals surface area contributed by atoms with Crippen molar-refractivity contribution in [3.8, 4) is 11.5 Å². The van der Waals surface area contributed by atoms with E-state index in [0.717, 1.165) is 11.5 Å². The Balaban J connectivity index is 2.51. The molecule has 0 unspecified atom stereocenters. The van der Waals surface area contributed by atoms with Gasteiger partial charge in [-0.2, -0.15) is 0 Å². The highest BCUT2D eigenvalue weighted by molar-refractivity contribution is 5.48. The first kappa shape index (κ1) is 7.03. The summed E-state index contributed by atoms with van der Waals surface area (Å²) in [7, 11) is 1.90. The summed E-state index contributed by atoms with van der Waals surface area (Å²) in [6, 6.07) is 5.75. The van der Waals surface area contributed by atoms with E-state index in [9.17, 15) is 0 Å². The van der Waals surface area contributed by atoms with Crippen molar-refractivity contribution in [3.05, 3.63) is 36.8 Å². The summed E-state index contributed by atoms with van der Waals surface area (Å²) < 4.78 is 1.82. The van der Waals surface area contributed by atoms with Crippen LogP contribution in [0.5, 0.6) is 0 Å². The largest absolute Gasteiger partial charge is 0.325 e. The molecule has 0 fully saturated rings. The van der Waals surface area contributed by atoms with Gasteiger partial charge in [0.1, 0.15) is 5.69 Å². The molecule has 1 radical (unpaired) electrons. The highest BCUT2D eigenvalue weighted by Crippen LogP contribution is 2.11. The lowest BCUT2D eigenvalue weighted by Crippen LogP contribution is -1.92. The molecule has 0 saturated carbocycles. The van der Waals surface area contributed by atoms with Crippen LogP contribution in [0.1, 0.15) is 0 Å². The monoisotopic (exact) mass is 158 g/mol. The molecule has 2 heterocycles. The fourth-order valence-corrected chi connectivity index (χ4v) is 1.06. The Morgan fingerprint density at radius 3 is 2.83 bits per heavy atom. The first-order chi connectivity index (χ1) is 5.88. The Bertz CT molecular complexity index is 364. The third-order valence-corrected chi connectivity index (χ3v) is 1.65. The number of aryl methyl sites for hydroxylation is 1. The van der Waals surface area contributed by atoms with E-state index in [1.807, 2.05) is 29.8 Å². The van der Waals surface area contributed by atoms with E-state index in [0.29, 0.717) is 0 Å². The number of nitrogens with zero attached hydrogens (tertiary/aromatic N) is 3. The van der Waals surface area contributed by atoms with Gasteiger partial charge in [-0.15, -0.1) is 0 Å². The Hall–Kier alpha value is -1.64. The summed E-state index contributed by atoms with van der Waals surface area (Å²) in [5.74, 6) is 0.843. The third-order valence-electron chi connectivity index (χ3n) is 1.65. The smallest absolute Gasteiger partial charge is 0.158 e. The van der Waals surface area contributed by atoms with Crippen LogP contribution in [0.3, 0.4) is 0 Å². The van der Waals surface area contributed by atoms with Crippen molar-refractivity contribution in [3.63, 3.8) is 0 Å². The van der Waals surface area contributed by atoms with E-state index >= 15 is 0 Å². The zero-order valence-corrected chi connectivity index (χ0v) is 6.73. The number of aromatic nitrogens is 3. The average molecular weight is 158 g/mol. The molecule has 0 aliphatic heterocycles. The van der Waals surface area contributed by atoms with Gasteiger partial charge in [0.15, 0.2) is 5.82 Å². The maximum Gasteiger partial charge on any atom is 0.158 e. The lowest BCUT2D eigenvalue weighted by atomic mass is 10.3. The quantitative estimate of drug-likeness (QED) is 0.626. The Kier molecular flexibility index (Phi) is 1.63. The lowest BCUT2D eigenvalue weighted by molar-refractivity contribution is 0.910. The zero-order valence-electron chi connectivity index (χ0n) is 6.73. The molecule has 0 atom stereocenters. The molecule has 0 aliphatic rings. The molecule has 0 saturated heterocycles. The van der Waals surface area contributed by atoms with Crippen LogP contribution in [-0.4, -0.2) is 14.5 Å². The van der Waals surface area contributed by atoms with Gasteiger partial charge in [0.05, 0.1) is 12.4 Å². The molecule has 2 aromatic rings. The van der Waals surface area contributed by atoms with E-state index in [-0.39, 0.29) is 0 Å². The number of pyridine rings is 1. The molecule has 2 aromatic heterocycles. The van der Waals surface area contributed by atoms with Crippen molar-refractivity contribution in [2.24, 2.45) is 7.05 Å². The Morgan fingerprint density at radius 1 is 1.33 bits per heavy atom. The van der Waals surface area contributed by atoms with Gasteiger partial charge in [-0.1, -0.05) is 6.07 Å². The maximum absolute atomic E-state index is 4.18. The van der Waals surface area contributed by atoms with Gasteiger partial charge in [-0.25, -0.2) is 4.98 Å². The van der Waals surface area contributed by atoms with E-state index in [1.54, 1.807) is 12.4 Å². The fourth-order valence-electron chi connectivity index (χ4n) is 1.06. The van der Waals surface area contributed by atoms with E-state index in [2.05, 4.69) is 16.2 Å². The molecular formula is C9H8N3. The summed E-state index contributed by atoms with van der Waals surface area (Å²) in [4.78, 5) is 8.31. The first-order valence-electron chi connectivity index (χ1n) is 3.69. The molecule has 0 bridgehead atoms. The second-order valence-electron chi connectivity index (χ2n) is 2.48. The molecule has 2 rings (SSSR count). The Morgan fingerprint density at radius 2 is 2.25 bits per heavy atom. The molecule has 12 heavy (non-hydrogen) atoms. The van der Waals surface area contributed by atoms with Crippen LogP contribution in [0.25, 0.3) is 11.5 Å². The minimum atomic E-state index is 0.843. The lowest BCUT2D eigenvalue weighted by Gasteiger charge is -1.98. The second-order valence-corrected chi connectivity index (χ2v) is 2.48. The minimum Gasteiger partial charge on any atom is -0.325 e. The summed E-state index contributed by atoms with van der Waals surface area (Å²) in [6.07, 6.45) is 6.33. The van der Waals surface area contributed by atoms with Crippen LogP contribution >= 0.6 is 0 Å². The minimum absolute atomic E-state index is 0.843. The number of hydrogen-bond acceptors (Lipinski definition) is 2. The van der Waals surface area contributed by atoms with Crippen molar-refractivity contribution in [1.82, 2.24) is 14.5 Å². The van der Waals surface area contributed by atoms with Crippen molar-refractivity contribution in [2.45, 2.75) is 0 Å². The molecule has 0 N–H and O–H groups in total. The van der Waals surface area contributed by atoms with Crippen LogP contribution in [0, 0.1) is 6.20 Å². The third kappa shape index (κ3) is 1.09. The van der Waals surface area contributed by atoms with Crippen molar-refractivity contribution in [2.75, 3.05) is 0 Å². The highest BCUT2D eigenvalue weighted by atomic mass is 15.0. The molecule has 0 amide bonds. The molecule has 3 nitrogen and oxygen atoms in total. The molecule has 3 heteroatoms. The predicted molar refractivity (Wildman–Crippen MR) is 45.3 cm³/mol. The van der Waals surface area contributed by atoms with E-state index < -0.39 is 0 Å². The number of imidazole rings is 1. The van der Waals surface area contributed by atoms with Gasteiger partial charge in [0, 0.05) is 13.2 Å². The van der Waals surface area contributed by atoms with Crippen molar-refractivity contribution >= 4 is 0 Å². The summed E-state index contributed by atoms with van der Waals surface area (Å²) >= 11 is 0. The second kappa shape index (κ2) is 2.77. The van der Waals surface area contributed by atoms with Crippen LogP contribution in [0.15, 0.2) is 30.6 Å². The summed E-state index contributed by atoms with van der Waals surface area (Å²) in [5, 5.41) is 0. The number of rotatable bonds is 1. The standard InChI is InChI=1S/C9H8N3/c1-12-7-6-11-9(12)8-4-2-3-5-10-8/h2-6H,1H3. The van der Waals surface area contributed by atoms with Gasteiger partial charge in [0.2, 0.25) is 0 Å². The SMILES string of the molecule is Cn1[c]cnc1-c1ccccn1. The van der Waals surface area contributed by atoms with E-state index in [1.165, 1.54) is 0 Å². The fraction of sp³-hybridized carbons (Fsp3) is 0.111. The van der Waals surface area contributed by atoms with Gasteiger partial charge < -0.3 is 4.57 Å². The molecule has 0 aliphatic carbocycles. The first-order valence-corrected chi connectivity index (χ1v) is 3.69. The van der Waals surface area contributed by atoms with Crippen LogP contribution in [0.2, 0.25) is 0 Å². The molecule has 59 valence electrons. The van der Waals surface area contributed by atoms with Gasteiger partial charge in [-0.05, 0) is 12.1 Å². The maximum atomic E-state index is 4.18. The van der Waals surface area contributed by atoms with Gasteiger partial charge in [0.25, 0.3) is 0 Å². The van der Waals surface area contributed by atoms with Crippen LogP contribution in [-0.2, 0) is 7.05 Å².